The van der Waals surface area contributed by atoms with Crippen LogP contribution in [-0.4, -0.2) is 20.2 Å². The van der Waals surface area contributed by atoms with Gasteiger partial charge in [0.05, 0.1) is 11.7 Å². The van der Waals surface area contributed by atoms with Gasteiger partial charge in [0.25, 0.3) is 0 Å². The maximum atomic E-state index is 4.75. The van der Waals surface area contributed by atoms with Gasteiger partial charge in [0.1, 0.15) is 5.82 Å². The molecule has 0 saturated heterocycles. The number of rotatable bonds is 4. The van der Waals surface area contributed by atoms with E-state index in [1.165, 1.54) is 20.5 Å². The summed E-state index contributed by atoms with van der Waals surface area (Å²) >= 11 is 1.82. The maximum Gasteiger partial charge on any atom is 0.161 e. The quantitative estimate of drug-likeness (QED) is 0.407. The summed E-state index contributed by atoms with van der Waals surface area (Å²) < 4.78 is 1.29. The highest BCUT2D eigenvalue weighted by molar-refractivity contribution is 7.19. The number of nitrogens with one attached hydrogen (secondary N) is 2. The Morgan fingerprint density at radius 3 is 2.93 bits per heavy atom. The Balaban J connectivity index is 1.52. The Morgan fingerprint density at radius 1 is 1.11 bits per heavy atom. The van der Waals surface area contributed by atoms with Crippen molar-refractivity contribution in [3.63, 3.8) is 0 Å². The Bertz CT molecular complexity index is 1300. The van der Waals surface area contributed by atoms with Gasteiger partial charge in [-0.25, -0.2) is 9.97 Å². The third-order valence-corrected chi connectivity index (χ3v) is 5.85. The standard InChI is InChI=1S/C22H19N5S/c1-3-14-9-15(11-20-18(14)8-13(2)28-20)22-23-7-6-21(26-22)25-17-4-5-19-16(10-17)12-24-27-19/h4-12H,3H2,1-2H3,(H,24,27)(H,23,25,26). The molecule has 0 saturated carbocycles. The molecule has 3 heterocycles. The van der Waals surface area contributed by atoms with E-state index in [2.05, 4.69) is 58.6 Å². The van der Waals surface area contributed by atoms with Crippen molar-refractivity contribution in [3.8, 4) is 11.4 Å². The number of aromatic nitrogens is 4. The predicted molar refractivity (Wildman–Crippen MR) is 116 cm³/mol. The van der Waals surface area contributed by atoms with Crippen LogP contribution in [0.15, 0.2) is 54.9 Å². The normalized spacial score (nSPS) is 11.4. The number of aryl methyl sites for hydroxylation is 2. The summed E-state index contributed by atoms with van der Waals surface area (Å²) in [6.07, 6.45) is 4.61. The van der Waals surface area contributed by atoms with Gasteiger partial charge in [0.2, 0.25) is 0 Å². The highest BCUT2D eigenvalue weighted by atomic mass is 32.1. The lowest BCUT2D eigenvalue weighted by molar-refractivity contribution is 1.12. The monoisotopic (exact) mass is 385 g/mol. The minimum Gasteiger partial charge on any atom is -0.340 e. The van der Waals surface area contributed by atoms with E-state index in [-0.39, 0.29) is 0 Å². The number of fused-ring (bicyclic) bond motifs is 2. The molecule has 2 aromatic carbocycles. The molecule has 0 fully saturated rings. The van der Waals surface area contributed by atoms with Crippen LogP contribution in [0.2, 0.25) is 0 Å². The van der Waals surface area contributed by atoms with E-state index < -0.39 is 0 Å². The van der Waals surface area contributed by atoms with Gasteiger partial charge < -0.3 is 5.32 Å². The molecule has 0 aliphatic carbocycles. The zero-order chi connectivity index (χ0) is 19.1. The fourth-order valence-corrected chi connectivity index (χ4v) is 4.51. The molecule has 6 heteroatoms. The summed E-state index contributed by atoms with van der Waals surface area (Å²) in [5.41, 5.74) is 4.38. The molecular weight excluding hydrogens is 366 g/mol. The number of thiophene rings is 1. The van der Waals surface area contributed by atoms with Crippen LogP contribution >= 0.6 is 11.3 Å². The van der Waals surface area contributed by atoms with Crippen molar-refractivity contribution >= 4 is 43.8 Å². The predicted octanol–water partition coefficient (Wildman–Crippen LogP) is 5.85. The topological polar surface area (TPSA) is 66.5 Å². The molecule has 0 aliphatic rings. The largest absolute Gasteiger partial charge is 0.340 e. The van der Waals surface area contributed by atoms with Crippen molar-refractivity contribution in [3.05, 3.63) is 65.3 Å². The lowest BCUT2D eigenvalue weighted by Crippen LogP contribution is -1.97. The number of aromatic amines is 1. The van der Waals surface area contributed by atoms with Crippen molar-refractivity contribution in [2.24, 2.45) is 0 Å². The molecule has 3 aromatic heterocycles. The lowest BCUT2D eigenvalue weighted by atomic mass is 10.0. The summed E-state index contributed by atoms with van der Waals surface area (Å²) in [6, 6.07) is 14.6. The minimum atomic E-state index is 0.733. The van der Waals surface area contributed by atoms with Gasteiger partial charge in [-0.15, -0.1) is 11.3 Å². The van der Waals surface area contributed by atoms with Crippen LogP contribution in [0.1, 0.15) is 17.4 Å². The third-order valence-electron chi connectivity index (χ3n) is 4.85. The molecular formula is C22H19N5S. The highest BCUT2D eigenvalue weighted by Crippen LogP contribution is 2.33. The average Bonchev–Trinajstić information content (AvgIpc) is 3.32. The molecule has 0 atom stereocenters. The van der Waals surface area contributed by atoms with Gasteiger partial charge in [0.15, 0.2) is 5.82 Å². The molecule has 5 rings (SSSR count). The first-order valence-electron chi connectivity index (χ1n) is 9.26. The van der Waals surface area contributed by atoms with E-state index in [0.29, 0.717) is 0 Å². The number of anilines is 2. The average molecular weight is 385 g/mol. The molecule has 138 valence electrons. The number of nitrogens with zero attached hydrogens (tertiary/aromatic N) is 3. The first-order valence-corrected chi connectivity index (χ1v) is 10.1. The van der Waals surface area contributed by atoms with Crippen molar-refractivity contribution in [2.45, 2.75) is 20.3 Å². The summed E-state index contributed by atoms with van der Waals surface area (Å²) in [6.45, 7) is 4.35. The zero-order valence-corrected chi connectivity index (χ0v) is 16.5. The number of hydrogen-bond donors (Lipinski definition) is 2. The smallest absolute Gasteiger partial charge is 0.161 e. The Kier molecular flexibility index (Phi) is 4.06. The van der Waals surface area contributed by atoms with E-state index in [1.807, 2.05) is 35.7 Å². The van der Waals surface area contributed by atoms with Gasteiger partial charge in [-0.2, -0.15) is 5.10 Å². The van der Waals surface area contributed by atoms with Gasteiger partial charge in [-0.3, -0.25) is 5.10 Å². The highest BCUT2D eigenvalue weighted by Gasteiger charge is 2.10. The molecule has 0 amide bonds. The van der Waals surface area contributed by atoms with E-state index in [1.54, 1.807) is 6.20 Å². The second-order valence-electron chi connectivity index (χ2n) is 6.82. The zero-order valence-electron chi connectivity index (χ0n) is 15.7. The molecule has 28 heavy (non-hydrogen) atoms. The fourth-order valence-electron chi connectivity index (χ4n) is 3.50. The maximum absolute atomic E-state index is 4.75. The summed E-state index contributed by atoms with van der Waals surface area (Å²) in [5.74, 6) is 1.50. The van der Waals surface area contributed by atoms with Crippen LogP contribution in [0, 0.1) is 6.92 Å². The van der Waals surface area contributed by atoms with Crippen molar-refractivity contribution in [1.82, 2.24) is 20.2 Å². The summed E-state index contributed by atoms with van der Waals surface area (Å²) in [7, 11) is 0. The molecule has 5 aromatic rings. The SMILES string of the molecule is CCc1cc(-c2nccc(Nc3ccc4[nH]ncc4c3)n2)cc2sc(C)cc12. The molecule has 0 unspecified atom stereocenters. The van der Waals surface area contributed by atoms with E-state index >= 15 is 0 Å². The molecule has 0 aliphatic heterocycles. The van der Waals surface area contributed by atoms with Crippen LogP contribution in [-0.2, 0) is 6.42 Å². The van der Waals surface area contributed by atoms with Gasteiger partial charge in [0, 0.05) is 32.4 Å². The first kappa shape index (κ1) is 16.9. The van der Waals surface area contributed by atoms with Crippen LogP contribution < -0.4 is 5.32 Å². The summed E-state index contributed by atoms with van der Waals surface area (Å²) in [5, 5.41) is 12.8. The Morgan fingerprint density at radius 2 is 2.04 bits per heavy atom. The van der Waals surface area contributed by atoms with Crippen molar-refractivity contribution < 1.29 is 0 Å². The fraction of sp³-hybridized carbons (Fsp3) is 0.136. The molecule has 0 bridgehead atoms. The van der Waals surface area contributed by atoms with Crippen molar-refractivity contribution in [2.75, 3.05) is 5.32 Å². The van der Waals surface area contributed by atoms with Crippen LogP contribution in [0.4, 0.5) is 11.5 Å². The molecule has 2 N–H and O–H groups in total. The van der Waals surface area contributed by atoms with Crippen molar-refractivity contribution in [1.29, 1.82) is 0 Å². The number of H-pyrrole nitrogens is 1. The van der Waals surface area contributed by atoms with E-state index in [4.69, 9.17) is 4.98 Å². The summed E-state index contributed by atoms with van der Waals surface area (Å²) in [4.78, 5) is 10.6. The Labute approximate surface area is 166 Å². The van der Waals surface area contributed by atoms with E-state index in [0.717, 1.165) is 40.2 Å². The second-order valence-corrected chi connectivity index (χ2v) is 8.11. The Hall–Kier alpha value is -3.25. The van der Waals surface area contributed by atoms with Gasteiger partial charge >= 0.3 is 0 Å². The van der Waals surface area contributed by atoms with Gasteiger partial charge in [-0.1, -0.05) is 6.92 Å². The number of hydrogen-bond acceptors (Lipinski definition) is 5. The second kappa shape index (κ2) is 6.73. The van der Waals surface area contributed by atoms with Crippen LogP contribution in [0.3, 0.4) is 0 Å². The first-order chi connectivity index (χ1) is 13.7. The molecule has 0 spiro atoms. The lowest BCUT2D eigenvalue weighted by Gasteiger charge is -2.09. The third kappa shape index (κ3) is 3.01. The number of benzene rings is 2. The van der Waals surface area contributed by atoms with E-state index in [9.17, 15) is 0 Å². The minimum absolute atomic E-state index is 0.733. The molecule has 0 radical (unpaired) electrons. The molecule has 5 nitrogen and oxygen atoms in total. The van der Waals surface area contributed by atoms with Gasteiger partial charge in [-0.05, 0) is 66.8 Å². The van der Waals surface area contributed by atoms with Crippen LogP contribution in [0.25, 0.3) is 32.4 Å². The van der Waals surface area contributed by atoms with Crippen LogP contribution in [0.5, 0.6) is 0 Å².